The van der Waals surface area contributed by atoms with E-state index in [0.29, 0.717) is 22.7 Å². The summed E-state index contributed by atoms with van der Waals surface area (Å²) in [6, 6.07) is 9.79. The van der Waals surface area contributed by atoms with E-state index in [9.17, 15) is 4.79 Å². The fourth-order valence-electron chi connectivity index (χ4n) is 3.59. The number of anilines is 3. The molecule has 9 heteroatoms. The molecule has 0 aliphatic rings. The van der Waals surface area contributed by atoms with Crippen LogP contribution in [0.4, 0.5) is 17.3 Å². The largest absolute Gasteiger partial charge is 0.368 e. The third-order valence-electron chi connectivity index (χ3n) is 5.37. The number of aromatic nitrogens is 5. The van der Waals surface area contributed by atoms with E-state index >= 15 is 0 Å². The molecule has 4 rings (SSSR count). The predicted octanol–water partition coefficient (Wildman–Crippen LogP) is 4.80. The van der Waals surface area contributed by atoms with Crippen molar-refractivity contribution in [2.75, 3.05) is 16.0 Å². The highest BCUT2D eigenvalue weighted by atomic mass is 16.1. The summed E-state index contributed by atoms with van der Waals surface area (Å²) in [6.07, 6.45) is 5.18. The Morgan fingerprint density at radius 3 is 2.65 bits per heavy atom. The van der Waals surface area contributed by atoms with Crippen LogP contribution in [0, 0.1) is 6.92 Å². The van der Waals surface area contributed by atoms with Gasteiger partial charge in [0.25, 0.3) is 5.91 Å². The van der Waals surface area contributed by atoms with Crippen LogP contribution >= 0.6 is 0 Å². The van der Waals surface area contributed by atoms with Crippen molar-refractivity contribution in [2.45, 2.75) is 53.2 Å². The molecule has 3 N–H and O–H groups in total. The highest BCUT2D eigenvalue weighted by Gasteiger charge is 2.13. The minimum absolute atomic E-state index is 0.0536. The van der Waals surface area contributed by atoms with Gasteiger partial charge in [0.2, 0.25) is 5.65 Å². The fraction of sp³-hybridized carbons (Fsp3) is 0.320. The molecule has 1 aromatic carbocycles. The molecular formula is C25H30N8O. The Hall–Kier alpha value is -4.01. The van der Waals surface area contributed by atoms with Crippen molar-refractivity contribution in [3.63, 3.8) is 0 Å². The lowest BCUT2D eigenvalue weighted by atomic mass is 10.1. The van der Waals surface area contributed by atoms with Gasteiger partial charge in [0.15, 0.2) is 0 Å². The molecule has 0 bridgehead atoms. The number of pyridine rings is 1. The van der Waals surface area contributed by atoms with E-state index in [1.165, 1.54) is 0 Å². The number of amides is 1. The van der Waals surface area contributed by atoms with E-state index in [0.717, 1.165) is 29.0 Å². The van der Waals surface area contributed by atoms with Crippen LogP contribution in [-0.2, 0) is 6.54 Å². The molecule has 0 saturated heterocycles. The summed E-state index contributed by atoms with van der Waals surface area (Å²) in [5.41, 5.74) is 4.53. The first-order chi connectivity index (χ1) is 16.3. The number of benzene rings is 1. The SMILES string of the molecule is CCn1cc2ncc(N[C@@H](C)c3cccc(NC(=O)c4cnc(NC(C)C)c(C)c4)c3)nc2n1. The lowest BCUT2D eigenvalue weighted by molar-refractivity contribution is 0.102. The quantitative estimate of drug-likeness (QED) is 0.348. The maximum atomic E-state index is 12.8. The van der Waals surface area contributed by atoms with Crippen LogP contribution in [0.15, 0.2) is 48.9 Å². The van der Waals surface area contributed by atoms with Crippen LogP contribution in [0.5, 0.6) is 0 Å². The monoisotopic (exact) mass is 458 g/mol. The molecule has 0 unspecified atom stereocenters. The summed E-state index contributed by atoms with van der Waals surface area (Å²) in [7, 11) is 0. The fourth-order valence-corrected chi connectivity index (χ4v) is 3.59. The zero-order chi connectivity index (χ0) is 24.2. The average molecular weight is 459 g/mol. The Labute approximate surface area is 199 Å². The lowest BCUT2D eigenvalue weighted by Gasteiger charge is -2.16. The van der Waals surface area contributed by atoms with Gasteiger partial charge >= 0.3 is 0 Å². The zero-order valence-corrected chi connectivity index (χ0v) is 20.1. The van der Waals surface area contributed by atoms with E-state index in [-0.39, 0.29) is 18.0 Å². The Morgan fingerprint density at radius 2 is 1.91 bits per heavy atom. The number of fused-ring (bicyclic) bond motifs is 1. The molecule has 3 heterocycles. The molecule has 34 heavy (non-hydrogen) atoms. The molecule has 3 aromatic heterocycles. The summed E-state index contributed by atoms with van der Waals surface area (Å²) in [5.74, 6) is 1.23. The van der Waals surface area contributed by atoms with Gasteiger partial charge in [-0.3, -0.25) is 9.48 Å². The Bertz CT molecular complexity index is 1310. The molecule has 1 amide bonds. The van der Waals surface area contributed by atoms with Crippen molar-refractivity contribution in [2.24, 2.45) is 0 Å². The van der Waals surface area contributed by atoms with Gasteiger partial charge in [0.05, 0.1) is 24.0 Å². The highest BCUT2D eigenvalue weighted by Crippen LogP contribution is 2.22. The minimum atomic E-state index is -0.202. The topological polar surface area (TPSA) is 110 Å². The van der Waals surface area contributed by atoms with Gasteiger partial charge in [-0.15, -0.1) is 0 Å². The summed E-state index contributed by atoms with van der Waals surface area (Å²) in [4.78, 5) is 26.2. The normalized spacial score (nSPS) is 12.1. The number of hydrogen-bond donors (Lipinski definition) is 3. The van der Waals surface area contributed by atoms with Crippen molar-refractivity contribution in [3.8, 4) is 0 Å². The number of nitrogens with one attached hydrogen (secondary N) is 3. The standard InChI is InChI=1S/C25H30N8O/c1-6-33-14-21-24(32-33)31-22(13-26-21)29-17(5)18-8-7-9-20(11-18)30-25(34)19-10-16(4)23(27-12-19)28-15(2)3/h7-15,17H,6H2,1-5H3,(H,27,28)(H,30,34)(H,29,31,32)/t17-/m0/s1. The molecule has 0 radical (unpaired) electrons. The van der Waals surface area contributed by atoms with Gasteiger partial charge < -0.3 is 16.0 Å². The van der Waals surface area contributed by atoms with Crippen LogP contribution in [0.3, 0.4) is 0 Å². The third kappa shape index (κ3) is 5.31. The van der Waals surface area contributed by atoms with Crippen LogP contribution in [0.2, 0.25) is 0 Å². The zero-order valence-electron chi connectivity index (χ0n) is 20.1. The molecular weight excluding hydrogens is 428 g/mol. The first-order valence-corrected chi connectivity index (χ1v) is 11.4. The van der Waals surface area contributed by atoms with Crippen molar-refractivity contribution in [1.82, 2.24) is 24.7 Å². The number of carbonyl (C=O) groups excluding carboxylic acids is 1. The maximum Gasteiger partial charge on any atom is 0.257 e. The molecule has 0 saturated carbocycles. The minimum Gasteiger partial charge on any atom is -0.368 e. The molecule has 176 valence electrons. The molecule has 9 nitrogen and oxygen atoms in total. The summed E-state index contributed by atoms with van der Waals surface area (Å²) in [5, 5.41) is 14.0. The van der Waals surface area contributed by atoms with Gasteiger partial charge in [0, 0.05) is 24.5 Å². The van der Waals surface area contributed by atoms with Crippen LogP contribution in [-0.4, -0.2) is 36.7 Å². The second-order valence-corrected chi connectivity index (χ2v) is 8.58. The first-order valence-electron chi connectivity index (χ1n) is 11.4. The highest BCUT2D eigenvalue weighted by molar-refractivity contribution is 6.04. The van der Waals surface area contributed by atoms with Crippen molar-refractivity contribution >= 4 is 34.4 Å². The van der Waals surface area contributed by atoms with Crippen LogP contribution in [0.25, 0.3) is 11.2 Å². The average Bonchev–Trinajstić information content (AvgIpc) is 3.23. The smallest absolute Gasteiger partial charge is 0.257 e. The molecule has 1 atom stereocenters. The van der Waals surface area contributed by atoms with Crippen molar-refractivity contribution < 1.29 is 4.79 Å². The van der Waals surface area contributed by atoms with Gasteiger partial charge in [-0.25, -0.2) is 15.0 Å². The summed E-state index contributed by atoms with van der Waals surface area (Å²) in [6.45, 7) is 10.9. The second kappa shape index (κ2) is 9.86. The Kier molecular flexibility index (Phi) is 6.72. The number of hydrogen-bond acceptors (Lipinski definition) is 7. The van der Waals surface area contributed by atoms with Gasteiger partial charge in [-0.05, 0) is 63.9 Å². The van der Waals surface area contributed by atoms with Crippen molar-refractivity contribution in [3.05, 3.63) is 65.6 Å². The molecule has 0 fully saturated rings. The molecule has 4 aromatic rings. The first kappa shape index (κ1) is 23.2. The van der Waals surface area contributed by atoms with Gasteiger partial charge in [-0.1, -0.05) is 12.1 Å². The van der Waals surface area contributed by atoms with E-state index < -0.39 is 0 Å². The molecule has 0 spiro atoms. The number of carbonyl (C=O) groups is 1. The summed E-state index contributed by atoms with van der Waals surface area (Å²) >= 11 is 0. The third-order valence-corrected chi connectivity index (χ3v) is 5.37. The number of rotatable bonds is 8. The molecule has 0 aliphatic heterocycles. The van der Waals surface area contributed by atoms with Crippen LogP contribution in [0.1, 0.15) is 55.2 Å². The van der Waals surface area contributed by atoms with E-state index in [2.05, 4.69) is 49.8 Å². The van der Waals surface area contributed by atoms with E-state index in [1.807, 2.05) is 62.0 Å². The number of nitrogens with zero attached hydrogens (tertiary/aromatic N) is 5. The van der Waals surface area contributed by atoms with Gasteiger partial charge in [0.1, 0.15) is 17.2 Å². The lowest BCUT2D eigenvalue weighted by Crippen LogP contribution is -2.16. The number of aryl methyl sites for hydroxylation is 2. The van der Waals surface area contributed by atoms with Gasteiger partial charge in [-0.2, -0.15) is 5.10 Å². The van der Waals surface area contributed by atoms with Crippen LogP contribution < -0.4 is 16.0 Å². The Balaban J connectivity index is 1.45. The second-order valence-electron chi connectivity index (χ2n) is 8.58. The molecule has 0 aliphatic carbocycles. The van der Waals surface area contributed by atoms with E-state index in [1.54, 1.807) is 12.4 Å². The van der Waals surface area contributed by atoms with E-state index in [4.69, 9.17) is 0 Å². The Morgan fingerprint density at radius 1 is 1.09 bits per heavy atom. The summed E-state index contributed by atoms with van der Waals surface area (Å²) < 4.78 is 1.81. The van der Waals surface area contributed by atoms with Crippen molar-refractivity contribution in [1.29, 1.82) is 0 Å². The predicted molar refractivity (Wildman–Crippen MR) is 135 cm³/mol. The maximum absolute atomic E-state index is 12.8.